The molecule has 0 saturated heterocycles. The Labute approximate surface area is 176 Å². The molecule has 1 N–H and O–H groups in total. The smallest absolute Gasteiger partial charge is 0.261 e. The Morgan fingerprint density at radius 3 is 2.59 bits per heavy atom. The largest absolute Gasteiger partial charge is 0.478 e. The Kier molecular flexibility index (Phi) is 6.39. The summed E-state index contributed by atoms with van der Waals surface area (Å²) in [7, 11) is -3.54. The molecular weight excluding hydrogens is 412 g/mol. The number of hydrogen-bond acceptors (Lipinski definition) is 4. The number of nitrogens with zero attached hydrogens (tertiary/aromatic N) is 1. The van der Waals surface area contributed by atoms with E-state index in [1.165, 1.54) is 4.31 Å². The third-order valence-corrected chi connectivity index (χ3v) is 6.37. The molecule has 29 heavy (non-hydrogen) atoms. The highest BCUT2D eigenvalue weighted by atomic mass is 35.5. The number of rotatable bonds is 5. The van der Waals surface area contributed by atoms with Crippen LogP contribution in [0.25, 0.3) is 0 Å². The first-order chi connectivity index (χ1) is 13.7. The minimum Gasteiger partial charge on any atom is -0.478 e. The number of sulfonamides is 1. The molecular formula is C21H25ClN2O4S. The summed E-state index contributed by atoms with van der Waals surface area (Å²) in [5.74, 6) is 0.0505. The van der Waals surface area contributed by atoms with E-state index in [0.717, 1.165) is 23.8 Å². The molecule has 8 heteroatoms. The highest BCUT2D eigenvalue weighted by Gasteiger charge is 2.32. The monoisotopic (exact) mass is 436 g/mol. The number of halogens is 1. The van der Waals surface area contributed by atoms with Crippen LogP contribution in [0.1, 0.15) is 36.9 Å². The van der Waals surface area contributed by atoms with Crippen molar-refractivity contribution in [2.24, 2.45) is 0 Å². The molecule has 2 atom stereocenters. The third-order valence-electron chi connectivity index (χ3n) is 4.95. The van der Waals surface area contributed by atoms with E-state index < -0.39 is 16.1 Å². The van der Waals surface area contributed by atoms with Crippen LogP contribution in [0.2, 0.25) is 5.02 Å². The summed E-state index contributed by atoms with van der Waals surface area (Å²) in [6.45, 7) is 4.15. The molecule has 6 nitrogen and oxygen atoms in total. The van der Waals surface area contributed by atoms with Gasteiger partial charge in [0.25, 0.3) is 5.91 Å². The van der Waals surface area contributed by atoms with Crippen molar-refractivity contribution in [1.82, 2.24) is 5.32 Å². The molecule has 2 aromatic carbocycles. The standard InChI is InChI=1S/C21H25ClN2O4S/c1-4-17(15-7-5-14(2)6-8-15)23-21(25)20-11-12-24(29(3,26)27)18-13-16(22)9-10-19(18)28-20/h5-10,13,17,20H,4,11-12H2,1-3H3,(H,23,25)/t17-,20-/m1/s1. The van der Waals surface area contributed by atoms with Crippen LogP contribution in [0, 0.1) is 6.92 Å². The predicted molar refractivity (Wildman–Crippen MR) is 115 cm³/mol. The van der Waals surface area contributed by atoms with Gasteiger partial charge in [-0.2, -0.15) is 0 Å². The first-order valence-electron chi connectivity index (χ1n) is 9.50. The number of nitrogens with one attached hydrogen (secondary N) is 1. The lowest BCUT2D eigenvalue weighted by molar-refractivity contribution is -0.128. The van der Waals surface area contributed by atoms with Gasteiger partial charge in [0.05, 0.1) is 18.0 Å². The number of amides is 1. The number of carbonyl (C=O) groups excluding carboxylic acids is 1. The molecule has 0 bridgehead atoms. The van der Waals surface area contributed by atoms with E-state index in [1.807, 2.05) is 38.1 Å². The molecule has 2 aromatic rings. The Hall–Kier alpha value is -2.25. The van der Waals surface area contributed by atoms with E-state index in [9.17, 15) is 13.2 Å². The van der Waals surface area contributed by atoms with Crippen molar-refractivity contribution >= 4 is 33.2 Å². The normalized spacial score (nSPS) is 17.7. The summed E-state index contributed by atoms with van der Waals surface area (Å²) in [6, 6.07) is 12.6. The van der Waals surface area contributed by atoms with Crippen molar-refractivity contribution in [3.8, 4) is 5.75 Å². The number of fused-ring (bicyclic) bond motifs is 1. The number of hydrogen-bond donors (Lipinski definition) is 1. The summed E-state index contributed by atoms with van der Waals surface area (Å²) in [4.78, 5) is 13.0. The number of anilines is 1. The summed E-state index contributed by atoms with van der Waals surface area (Å²) < 4.78 is 31.7. The van der Waals surface area contributed by atoms with Gasteiger partial charge < -0.3 is 10.1 Å². The molecule has 0 aliphatic carbocycles. The van der Waals surface area contributed by atoms with Crippen molar-refractivity contribution in [3.63, 3.8) is 0 Å². The third kappa shape index (κ3) is 5.03. The molecule has 1 heterocycles. The van der Waals surface area contributed by atoms with Gasteiger partial charge in [-0.05, 0) is 37.1 Å². The van der Waals surface area contributed by atoms with Gasteiger partial charge >= 0.3 is 0 Å². The van der Waals surface area contributed by atoms with Crippen molar-refractivity contribution in [2.45, 2.75) is 38.8 Å². The molecule has 0 fully saturated rings. The maximum Gasteiger partial charge on any atom is 0.261 e. The van der Waals surface area contributed by atoms with E-state index in [-0.39, 0.29) is 24.9 Å². The van der Waals surface area contributed by atoms with Crippen LogP contribution >= 0.6 is 11.6 Å². The fourth-order valence-electron chi connectivity index (χ4n) is 3.37. The summed E-state index contributed by atoms with van der Waals surface area (Å²) in [5.41, 5.74) is 2.52. The van der Waals surface area contributed by atoms with Crippen LogP contribution in [0.15, 0.2) is 42.5 Å². The van der Waals surface area contributed by atoms with E-state index >= 15 is 0 Å². The van der Waals surface area contributed by atoms with Crippen LogP contribution in [0.4, 0.5) is 5.69 Å². The molecule has 0 unspecified atom stereocenters. The maximum atomic E-state index is 13.0. The number of benzene rings is 2. The highest BCUT2D eigenvalue weighted by molar-refractivity contribution is 7.92. The second-order valence-corrected chi connectivity index (χ2v) is 9.57. The topological polar surface area (TPSA) is 75.7 Å². The fraction of sp³-hybridized carbons (Fsp3) is 0.381. The minimum absolute atomic E-state index is 0.131. The number of carbonyl (C=O) groups is 1. The molecule has 156 valence electrons. The SMILES string of the molecule is CC[C@@H](NC(=O)[C@H]1CCN(S(C)(=O)=O)c2cc(Cl)ccc2O1)c1ccc(C)cc1. The molecule has 3 rings (SSSR count). The van der Waals surface area contributed by atoms with Gasteiger partial charge in [0, 0.05) is 18.0 Å². The van der Waals surface area contributed by atoms with E-state index in [4.69, 9.17) is 16.3 Å². The lowest BCUT2D eigenvalue weighted by Crippen LogP contribution is -2.41. The van der Waals surface area contributed by atoms with Crippen LogP contribution in [-0.4, -0.2) is 33.2 Å². The zero-order chi connectivity index (χ0) is 21.2. The lowest BCUT2D eigenvalue weighted by atomic mass is 10.0. The molecule has 0 aromatic heterocycles. The van der Waals surface area contributed by atoms with Gasteiger partial charge in [0.2, 0.25) is 10.0 Å². The van der Waals surface area contributed by atoms with Gasteiger partial charge in [-0.1, -0.05) is 48.4 Å². The lowest BCUT2D eigenvalue weighted by Gasteiger charge is -2.22. The minimum atomic E-state index is -3.54. The van der Waals surface area contributed by atoms with Gasteiger partial charge in [-0.25, -0.2) is 8.42 Å². The van der Waals surface area contributed by atoms with Crippen LogP contribution < -0.4 is 14.4 Å². The van der Waals surface area contributed by atoms with Crippen molar-refractivity contribution in [3.05, 3.63) is 58.6 Å². The summed E-state index contributed by atoms with van der Waals surface area (Å²) in [6.07, 6.45) is 1.28. The molecule has 1 amide bonds. The number of aryl methyl sites for hydroxylation is 1. The molecule has 0 radical (unpaired) electrons. The van der Waals surface area contributed by atoms with Crippen LogP contribution in [0.3, 0.4) is 0 Å². The van der Waals surface area contributed by atoms with Crippen molar-refractivity contribution in [2.75, 3.05) is 17.1 Å². The zero-order valence-electron chi connectivity index (χ0n) is 16.7. The fourth-order valence-corrected chi connectivity index (χ4v) is 4.47. The van der Waals surface area contributed by atoms with Gasteiger partial charge in [-0.15, -0.1) is 0 Å². The second kappa shape index (κ2) is 8.63. The average molecular weight is 437 g/mol. The second-order valence-electron chi connectivity index (χ2n) is 7.22. The highest BCUT2D eigenvalue weighted by Crippen LogP contribution is 2.36. The molecule has 0 saturated carbocycles. The van der Waals surface area contributed by atoms with Crippen molar-refractivity contribution in [1.29, 1.82) is 0 Å². The zero-order valence-corrected chi connectivity index (χ0v) is 18.3. The quantitative estimate of drug-likeness (QED) is 0.772. The van der Waals surface area contributed by atoms with Crippen molar-refractivity contribution < 1.29 is 17.9 Å². The van der Waals surface area contributed by atoms with Gasteiger partial charge in [0.1, 0.15) is 5.75 Å². The first-order valence-corrected chi connectivity index (χ1v) is 11.7. The van der Waals surface area contributed by atoms with Crippen LogP contribution in [0.5, 0.6) is 5.75 Å². The van der Waals surface area contributed by atoms with E-state index in [2.05, 4.69) is 5.32 Å². The Morgan fingerprint density at radius 1 is 1.28 bits per heavy atom. The molecule has 1 aliphatic rings. The Bertz CT molecular complexity index is 992. The van der Waals surface area contributed by atoms with E-state index in [1.54, 1.807) is 18.2 Å². The average Bonchev–Trinajstić information content (AvgIpc) is 2.86. The molecule has 1 aliphatic heterocycles. The van der Waals surface area contributed by atoms with Gasteiger partial charge in [0.15, 0.2) is 6.10 Å². The summed E-state index contributed by atoms with van der Waals surface area (Å²) >= 11 is 6.05. The Morgan fingerprint density at radius 2 is 1.97 bits per heavy atom. The maximum absolute atomic E-state index is 13.0. The first kappa shape index (κ1) is 21.5. The Balaban J connectivity index is 1.83. The van der Waals surface area contributed by atoms with E-state index in [0.29, 0.717) is 16.5 Å². The number of ether oxygens (including phenoxy) is 1. The molecule has 0 spiro atoms. The van der Waals surface area contributed by atoms with Gasteiger partial charge in [-0.3, -0.25) is 9.10 Å². The van der Waals surface area contributed by atoms with Crippen LogP contribution in [-0.2, 0) is 14.8 Å². The predicted octanol–water partition coefficient (Wildman–Crippen LogP) is 3.83. The summed E-state index contributed by atoms with van der Waals surface area (Å²) in [5, 5.41) is 3.44.